The molecule has 22 nitrogen and oxygen atoms in total. The van der Waals surface area contributed by atoms with Crippen LogP contribution in [0.3, 0.4) is 0 Å². The monoisotopic (exact) mass is 1610 g/mol. The van der Waals surface area contributed by atoms with Crippen molar-refractivity contribution in [1.29, 1.82) is 0 Å². The van der Waals surface area contributed by atoms with Crippen LogP contribution in [0.1, 0.15) is 114 Å². The molecule has 1 atom stereocenters. The van der Waals surface area contributed by atoms with Crippen molar-refractivity contribution >= 4 is 92.6 Å². The molecule has 7 N–H and O–H groups in total. The van der Waals surface area contributed by atoms with Crippen LogP contribution in [0.15, 0.2) is 219 Å². The molecule has 0 saturated carbocycles. The fourth-order valence-electron chi connectivity index (χ4n) is 13.2. The summed E-state index contributed by atoms with van der Waals surface area (Å²) in [5.74, 6) is 1.77. The number of rotatable bonds is 29. The third-order valence-corrected chi connectivity index (χ3v) is 30.0. The number of amides is 3. The van der Waals surface area contributed by atoms with Crippen molar-refractivity contribution in [2.24, 2.45) is 0 Å². The number of carbonyl (C=O) groups excluding carboxylic acids is 3. The van der Waals surface area contributed by atoms with Gasteiger partial charge in [-0.05, 0) is 188 Å². The number of phenols is 1. The summed E-state index contributed by atoms with van der Waals surface area (Å²) in [6.07, 6.45) is 5.46. The van der Waals surface area contributed by atoms with Gasteiger partial charge in [-0.1, -0.05) is 110 Å². The number of nitrogens with one attached hydrogen (secondary N) is 6. The van der Waals surface area contributed by atoms with Crippen molar-refractivity contribution in [1.82, 2.24) is 44.8 Å². The van der Waals surface area contributed by atoms with Crippen LogP contribution in [0.25, 0.3) is 10.8 Å². The van der Waals surface area contributed by atoms with Crippen LogP contribution < -0.4 is 46.1 Å². The van der Waals surface area contributed by atoms with E-state index < -0.39 is 30.1 Å². The molecule has 3 amide bonds. The topological polar surface area (TPSA) is 283 Å². The van der Waals surface area contributed by atoms with E-state index in [9.17, 15) is 44.7 Å². The van der Waals surface area contributed by atoms with E-state index in [0.717, 1.165) is 84.8 Å². The molecule has 110 heavy (non-hydrogen) atoms. The number of sulfonamides is 3. The molecule has 13 rings (SSSR count). The Balaban J connectivity index is 0.000000164. The van der Waals surface area contributed by atoms with E-state index in [0.29, 0.717) is 97.8 Å². The second kappa shape index (κ2) is 39.3. The van der Waals surface area contributed by atoms with E-state index in [-0.39, 0.29) is 55.2 Å². The maximum Gasteiger partial charge on any atom is 0.252 e. The lowest BCUT2D eigenvalue weighted by atomic mass is 10.00. The fourth-order valence-corrected chi connectivity index (χ4v) is 21.9. The number of ether oxygens (including phenoxy) is 3. The van der Waals surface area contributed by atoms with Crippen molar-refractivity contribution in [2.45, 2.75) is 115 Å². The molecule has 0 radical (unpaired) electrons. The van der Waals surface area contributed by atoms with Crippen LogP contribution in [0, 0.1) is 0 Å². The van der Waals surface area contributed by atoms with Crippen molar-refractivity contribution < 1.29 is 59.0 Å². The molecule has 0 bridgehead atoms. The van der Waals surface area contributed by atoms with E-state index in [1.54, 1.807) is 156 Å². The van der Waals surface area contributed by atoms with E-state index in [2.05, 4.69) is 99.5 Å². The van der Waals surface area contributed by atoms with Crippen LogP contribution in [0.2, 0.25) is 0 Å². The first kappa shape index (κ1) is 82.1. The Labute approximate surface area is 657 Å². The van der Waals surface area contributed by atoms with Gasteiger partial charge in [0, 0.05) is 102 Å². The molecule has 10 aromatic rings. The molecule has 1 unspecified atom stereocenters. The summed E-state index contributed by atoms with van der Waals surface area (Å²) in [7, 11) is -6.02. The molecule has 0 spiro atoms. The Bertz CT molecular complexity index is 5030. The van der Waals surface area contributed by atoms with Gasteiger partial charge in [0.05, 0.1) is 41.0 Å². The third kappa shape index (κ3) is 22.5. The highest BCUT2D eigenvalue weighted by Crippen LogP contribution is 2.32. The first-order valence-electron chi connectivity index (χ1n) is 36.7. The van der Waals surface area contributed by atoms with Crippen LogP contribution in [0.5, 0.6) is 23.0 Å². The lowest BCUT2D eigenvalue weighted by Gasteiger charge is -2.32. The molecule has 3 fully saturated rings. The normalized spacial score (nSPS) is 15.3. The molecule has 3 saturated heterocycles. The third-order valence-electron chi connectivity index (χ3n) is 19.6. The van der Waals surface area contributed by atoms with E-state index in [4.69, 9.17) is 14.2 Å². The Kier molecular flexibility index (Phi) is 29.4. The van der Waals surface area contributed by atoms with Crippen LogP contribution in [-0.2, 0) is 62.7 Å². The first-order valence-corrected chi connectivity index (χ1v) is 43.5. The first-order chi connectivity index (χ1) is 53.1. The SMILES string of the molecule is COc1cccc(C(=O)NCc2ccc(S(=O)(=O)N3CCC(NCC(C)c4ccccc4)CC3)s2)c1.COc1cccc(C(=O)NCc2ccc(S(=O)(=O)N3CCC(NCCc4ccc(O)cc4)CC3)s2)c1.COc1cccc(C(=O)NCc2ccc(S(=O)(=O)N3CCC(NCc4cccc5ccccc45)CC3)s2)c1. The van der Waals surface area contributed by atoms with Crippen molar-refractivity contribution in [3.8, 4) is 23.0 Å². The number of hydrogen-bond acceptors (Lipinski definition) is 19. The summed E-state index contributed by atoms with van der Waals surface area (Å²) in [6, 6.07) is 64.0. The number of thiophene rings is 3. The zero-order chi connectivity index (χ0) is 77.6. The fraction of sp³-hybridized carbons (Fsp3) is 0.329. The average Bonchev–Trinajstić information content (AvgIpc) is 1.59. The van der Waals surface area contributed by atoms with Crippen molar-refractivity contribution in [3.05, 3.63) is 254 Å². The minimum Gasteiger partial charge on any atom is -0.508 e. The van der Waals surface area contributed by atoms with Gasteiger partial charge in [0.25, 0.3) is 47.8 Å². The summed E-state index contributed by atoms with van der Waals surface area (Å²) in [6.45, 7) is 8.32. The predicted octanol–water partition coefficient (Wildman–Crippen LogP) is 12.4. The number of phenolic OH excluding ortho intramolecular Hbond substituents is 1. The Hall–Kier alpha value is -8.88. The summed E-state index contributed by atoms with van der Waals surface area (Å²) in [4.78, 5) is 39.7. The summed E-state index contributed by atoms with van der Waals surface area (Å²) in [5.41, 5.74) is 5.17. The second-order valence-electron chi connectivity index (χ2n) is 27.1. The summed E-state index contributed by atoms with van der Waals surface area (Å²) >= 11 is 3.60. The molecule has 582 valence electrons. The molecular formula is C82H95N9O13S6. The highest BCUT2D eigenvalue weighted by atomic mass is 32.3. The zero-order valence-corrected chi connectivity index (χ0v) is 66.9. The maximum absolute atomic E-state index is 13.3. The Morgan fingerprint density at radius 2 is 0.818 bits per heavy atom. The zero-order valence-electron chi connectivity index (χ0n) is 62.0. The van der Waals surface area contributed by atoms with E-state index in [1.807, 2.05) is 24.3 Å². The van der Waals surface area contributed by atoms with Gasteiger partial charge < -0.3 is 51.2 Å². The minimum absolute atomic E-state index is 0.233. The van der Waals surface area contributed by atoms with Gasteiger partial charge in [-0.2, -0.15) is 12.9 Å². The molecule has 7 aromatic carbocycles. The average molecular weight is 1610 g/mol. The van der Waals surface area contributed by atoms with Gasteiger partial charge >= 0.3 is 0 Å². The Morgan fingerprint density at radius 1 is 0.436 bits per heavy atom. The number of piperidine rings is 3. The van der Waals surface area contributed by atoms with Crippen LogP contribution in [-0.4, -0.2) is 153 Å². The Morgan fingerprint density at radius 3 is 1.25 bits per heavy atom. The van der Waals surface area contributed by atoms with Gasteiger partial charge in [-0.15, -0.1) is 34.0 Å². The molecular weight excluding hydrogens is 1510 g/mol. The highest BCUT2D eigenvalue weighted by Gasteiger charge is 2.34. The smallest absolute Gasteiger partial charge is 0.252 e. The summed E-state index contributed by atoms with van der Waals surface area (Å²) < 4.78 is 100. The number of hydrogen-bond donors (Lipinski definition) is 7. The predicted molar refractivity (Wildman–Crippen MR) is 434 cm³/mol. The lowest BCUT2D eigenvalue weighted by molar-refractivity contribution is 0.0943. The van der Waals surface area contributed by atoms with Gasteiger partial charge in [-0.25, -0.2) is 25.3 Å². The van der Waals surface area contributed by atoms with Crippen molar-refractivity contribution in [3.63, 3.8) is 0 Å². The van der Waals surface area contributed by atoms with Gasteiger partial charge in [0.2, 0.25) is 0 Å². The number of benzene rings is 7. The number of methoxy groups -OCH3 is 3. The molecule has 3 aliphatic rings. The molecule has 6 heterocycles. The molecule has 0 aliphatic carbocycles. The van der Waals surface area contributed by atoms with Crippen molar-refractivity contribution in [2.75, 3.05) is 73.7 Å². The number of carbonyl (C=O) groups is 3. The van der Waals surface area contributed by atoms with Crippen LogP contribution >= 0.6 is 34.0 Å². The molecule has 3 aliphatic heterocycles. The highest BCUT2D eigenvalue weighted by molar-refractivity contribution is 7.92. The summed E-state index contributed by atoms with van der Waals surface area (Å²) in [5, 5.41) is 31.2. The number of nitrogens with zero attached hydrogens (tertiary/aromatic N) is 3. The standard InChI is InChI=1S/C29H31N3O4S2.C27H33N3O4S2.C26H31N3O5S2/c1-36-25-10-5-8-22(18-25)29(33)31-20-26-12-13-28(37-26)38(34,35)32-16-14-24(15-17-32)30-19-23-9-4-7-21-6-2-3-11-27(21)23;1-20(21-7-4-3-5-8-21)18-28-23-13-15-30(16-14-23)36(32,33)26-12-11-25(35-26)19-29-27(31)22-9-6-10-24(17-22)34-2;1-34-23-4-2-3-20(17-23)26(31)28-18-24-9-10-25(35-24)36(32,33)29-15-12-21(13-16-29)27-14-11-19-5-7-22(30)8-6-19/h2-13,18,24,30H,14-17,19-20H2,1H3,(H,31,33);3-12,17,20,23,28H,13-16,18-19H2,1-2H3,(H,29,31);2-10,17,21,27,30H,11-16,18H2,1H3,(H,28,31). The second-order valence-corrected chi connectivity index (χ2v) is 37.1. The molecule has 28 heteroatoms. The molecule has 3 aromatic heterocycles. The lowest BCUT2D eigenvalue weighted by Crippen LogP contribution is -2.45. The quantitative estimate of drug-likeness (QED) is 0.0229. The van der Waals surface area contributed by atoms with Gasteiger partial charge in [-0.3, -0.25) is 14.4 Å². The van der Waals surface area contributed by atoms with Gasteiger partial charge in [0.15, 0.2) is 0 Å². The number of aromatic hydroxyl groups is 1. The van der Waals surface area contributed by atoms with E-state index >= 15 is 0 Å². The largest absolute Gasteiger partial charge is 0.508 e. The van der Waals surface area contributed by atoms with Crippen LogP contribution in [0.4, 0.5) is 0 Å². The van der Waals surface area contributed by atoms with E-state index in [1.165, 1.54) is 55.9 Å². The van der Waals surface area contributed by atoms with Gasteiger partial charge in [0.1, 0.15) is 35.6 Å². The minimum atomic E-state index is -3.57. The maximum atomic E-state index is 13.3. The number of fused-ring (bicyclic) bond motifs is 1.